The van der Waals surface area contributed by atoms with Crippen LogP contribution in [0.15, 0.2) is 17.0 Å². The van der Waals surface area contributed by atoms with Crippen molar-refractivity contribution in [2.75, 3.05) is 23.3 Å². The molecule has 1 atom stereocenters. The Bertz CT molecular complexity index is 819. The van der Waals surface area contributed by atoms with E-state index in [2.05, 4.69) is 42.5 Å². The molecule has 0 aliphatic carbocycles. The molecule has 9 nitrogen and oxygen atoms in total. The maximum Gasteiger partial charge on any atom is 0.245 e. The summed E-state index contributed by atoms with van der Waals surface area (Å²) in [6.07, 6.45) is 6.15. The quantitative estimate of drug-likeness (QED) is 0.774. The van der Waals surface area contributed by atoms with Crippen molar-refractivity contribution in [3.8, 4) is 0 Å². The Morgan fingerprint density at radius 2 is 1.91 bits per heavy atom. The van der Waals surface area contributed by atoms with Crippen LogP contribution in [0.4, 0.5) is 11.6 Å². The zero-order chi connectivity index (χ0) is 15.8. The van der Waals surface area contributed by atoms with Crippen molar-refractivity contribution in [3.05, 3.63) is 18.0 Å². The molecule has 1 fully saturated rings. The molecule has 23 heavy (non-hydrogen) atoms. The van der Waals surface area contributed by atoms with E-state index < -0.39 is 0 Å². The van der Waals surface area contributed by atoms with Gasteiger partial charge in [0.15, 0.2) is 11.6 Å². The summed E-state index contributed by atoms with van der Waals surface area (Å²) in [6.45, 7) is 4.01. The summed E-state index contributed by atoms with van der Waals surface area (Å²) in [6, 6.07) is 0.0525. The minimum atomic E-state index is 0.0525. The van der Waals surface area contributed by atoms with Gasteiger partial charge in [0, 0.05) is 31.9 Å². The lowest BCUT2D eigenvalue weighted by atomic mass is 10.2. The third-order valence-corrected chi connectivity index (χ3v) is 4.08. The Labute approximate surface area is 132 Å². The largest absolute Gasteiger partial charge is 0.360 e. The van der Waals surface area contributed by atoms with E-state index in [1.807, 2.05) is 19.4 Å². The van der Waals surface area contributed by atoms with Gasteiger partial charge in [-0.05, 0) is 30.1 Å². The molecule has 3 aromatic rings. The first kappa shape index (κ1) is 13.9. The zero-order valence-electron chi connectivity index (χ0n) is 13.1. The summed E-state index contributed by atoms with van der Waals surface area (Å²) in [5, 5.41) is 15.2. The van der Waals surface area contributed by atoms with Crippen molar-refractivity contribution in [1.82, 2.24) is 30.1 Å². The zero-order valence-corrected chi connectivity index (χ0v) is 13.1. The number of anilines is 2. The smallest absolute Gasteiger partial charge is 0.245 e. The second kappa shape index (κ2) is 5.49. The molecule has 3 aromatic heterocycles. The van der Waals surface area contributed by atoms with Gasteiger partial charge in [0.1, 0.15) is 0 Å². The van der Waals surface area contributed by atoms with Crippen molar-refractivity contribution < 1.29 is 4.63 Å². The van der Waals surface area contributed by atoms with Gasteiger partial charge in [-0.1, -0.05) is 0 Å². The maximum absolute atomic E-state index is 4.75. The number of nitrogens with one attached hydrogen (secondary N) is 1. The molecule has 0 aromatic carbocycles. The van der Waals surface area contributed by atoms with Gasteiger partial charge < -0.3 is 10.2 Å². The second-order valence-electron chi connectivity index (χ2n) is 5.81. The molecule has 1 N–H and O–H groups in total. The molecule has 0 amide bonds. The lowest BCUT2D eigenvalue weighted by Gasteiger charge is -2.21. The van der Waals surface area contributed by atoms with Gasteiger partial charge >= 0.3 is 0 Å². The average molecular weight is 314 g/mol. The van der Waals surface area contributed by atoms with Crippen LogP contribution in [0.1, 0.15) is 31.4 Å². The van der Waals surface area contributed by atoms with Crippen LogP contribution in [0.5, 0.6) is 0 Å². The molecular formula is C14H18N8O. The van der Waals surface area contributed by atoms with Crippen molar-refractivity contribution in [2.24, 2.45) is 7.05 Å². The minimum absolute atomic E-state index is 0.0525. The summed E-state index contributed by atoms with van der Waals surface area (Å²) in [5.74, 6) is 1.51. The van der Waals surface area contributed by atoms with E-state index >= 15 is 0 Å². The molecule has 9 heteroatoms. The summed E-state index contributed by atoms with van der Waals surface area (Å²) in [7, 11) is 1.90. The Kier molecular flexibility index (Phi) is 3.32. The molecule has 4 rings (SSSR count). The van der Waals surface area contributed by atoms with Crippen LogP contribution in [-0.2, 0) is 7.05 Å². The molecule has 4 heterocycles. The van der Waals surface area contributed by atoms with E-state index in [1.165, 1.54) is 0 Å². The maximum atomic E-state index is 4.75. The van der Waals surface area contributed by atoms with E-state index in [1.54, 1.807) is 4.68 Å². The van der Waals surface area contributed by atoms with Gasteiger partial charge in [-0.2, -0.15) is 5.10 Å². The molecule has 0 saturated carbocycles. The molecule has 0 radical (unpaired) electrons. The van der Waals surface area contributed by atoms with Gasteiger partial charge in [0.2, 0.25) is 11.3 Å². The highest BCUT2D eigenvalue weighted by Crippen LogP contribution is 2.29. The van der Waals surface area contributed by atoms with Crippen LogP contribution in [-0.4, -0.2) is 43.2 Å². The van der Waals surface area contributed by atoms with Gasteiger partial charge in [-0.25, -0.2) is 14.6 Å². The molecule has 120 valence electrons. The van der Waals surface area contributed by atoms with Gasteiger partial charge in [0.25, 0.3) is 0 Å². The lowest BCUT2D eigenvalue weighted by molar-refractivity contribution is 0.314. The monoisotopic (exact) mass is 314 g/mol. The highest BCUT2D eigenvalue weighted by atomic mass is 16.6. The van der Waals surface area contributed by atoms with Crippen LogP contribution in [0.2, 0.25) is 0 Å². The van der Waals surface area contributed by atoms with Crippen molar-refractivity contribution in [1.29, 1.82) is 0 Å². The van der Waals surface area contributed by atoms with Gasteiger partial charge in [-0.3, -0.25) is 4.68 Å². The molecule has 1 aliphatic rings. The predicted molar refractivity (Wildman–Crippen MR) is 84.1 cm³/mol. The van der Waals surface area contributed by atoms with Crippen LogP contribution in [0.25, 0.3) is 11.3 Å². The average Bonchev–Trinajstić information content (AvgIpc) is 3.27. The number of aryl methyl sites for hydroxylation is 1. The predicted octanol–water partition coefficient (Wildman–Crippen LogP) is 1.52. The first-order valence-corrected chi connectivity index (χ1v) is 7.71. The van der Waals surface area contributed by atoms with Crippen LogP contribution < -0.4 is 10.2 Å². The first-order valence-electron chi connectivity index (χ1n) is 7.71. The van der Waals surface area contributed by atoms with E-state index in [0.717, 1.165) is 37.3 Å². The molecule has 1 saturated heterocycles. The van der Waals surface area contributed by atoms with Crippen LogP contribution >= 0.6 is 0 Å². The molecule has 0 unspecified atom stereocenters. The summed E-state index contributed by atoms with van der Waals surface area (Å²) >= 11 is 0. The van der Waals surface area contributed by atoms with Crippen molar-refractivity contribution in [2.45, 2.75) is 25.8 Å². The summed E-state index contributed by atoms with van der Waals surface area (Å²) in [4.78, 5) is 11.3. The van der Waals surface area contributed by atoms with E-state index in [9.17, 15) is 0 Å². The number of fused-ring (bicyclic) bond motifs is 1. The van der Waals surface area contributed by atoms with E-state index in [4.69, 9.17) is 4.63 Å². The number of hydrogen-bond acceptors (Lipinski definition) is 8. The number of aromatic nitrogens is 6. The fraction of sp³-hybridized carbons (Fsp3) is 0.500. The lowest BCUT2D eigenvalue weighted by Crippen LogP contribution is -2.22. The summed E-state index contributed by atoms with van der Waals surface area (Å²) in [5.41, 5.74) is 1.93. The third-order valence-electron chi connectivity index (χ3n) is 4.08. The van der Waals surface area contributed by atoms with Crippen molar-refractivity contribution >= 4 is 22.9 Å². The fourth-order valence-corrected chi connectivity index (χ4v) is 2.83. The normalized spacial score (nSPS) is 16.2. The standard InChI is InChI=1S/C14H18N8O/c1-9(10-7-15-21(2)8-10)16-13-14(22-5-3-4-6-22)18-12-11(17-13)19-23-20-12/h7-9H,3-6H2,1-2H3,(H,16,17,19)/t9-/m1/s1. The second-order valence-corrected chi connectivity index (χ2v) is 5.81. The van der Waals surface area contributed by atoms with Gasteiger partial charge in [-0.15, -0.1) is 0 Å². The molecule has 0 spiro atoms. The van der Waals surface area contributed by atoms with Crippen LogP contribution in [0.3, 0.4) is 0 Å². The highest BCUT2D eigenvalue weighted by molar-refractivity contribution is 5.74. The topological polar surface area (TPSA) is 97.8 Å². The molecule has 1 aliphatic heterocycles. The molecular weight excluding hydrogens is 296 g/mol. The Balaban J connectivity index is 1.70. The third kappa shape index (κ3) is 2.58. The molecule has 0 bridgehead atoms. The number of hydrogen-bond donors (Lipinski definition) is 1. The summed E-state index contributed by atoms with van der Waals surface area (Å²) < 4.78 is 6.53. The van der Waals surface area contributed by atoms with Crippen molar-refractivity contribution in [3.63, 3.8) is 0 Å². The minimum Gasteiger partial charge on any atom is -0.360 e. The number of rotatable bonds is 4. The van der Waals surface area contributed by atoms with Crippen LogP contribution in [0, 0.1) is 0 Å². The first-order chi connectivity index (χ1) is 11.2. The van der Waals surface area contributed by atoms with E-state index in [0.29, 0.717) is 17.1 Å². The SMILES string of the molecule is C[C@@H](Nc1nc2nonc2nc1N1CCCC1)c1cnn(C)c1. The number of nitrogens with zero attached hydrogens (tertiary/aromatic N) is 7. The highest BCUT2D eigenvalue weighted by Gasteiger charge is 2.22. The van der Waals surface area contributed by atoms with E-state index in [-0.39, 0.29) is 6.04 Å². The Morgan fingerprint density at radius 1 is 1.17 bits per heavy atom. The van der Waals surface area contributed by atoms with Gasteiger partial charge in [0.05, 0.1) is 12.2 Å². The Morgan fingerprint density at radius 3 is 2.61 bits per heavy atom. The fourth-order valence-electron chi connectivity index (χ4n) is 2.83. The Hall–Kier alpha value is -2.71.